The molecule has 9 heteroatoms. The molecule has 0 aromatic heterocycles. The van der Waals surface area contributed by atoms with Crippen LogP contribution >= 0.6 is 11.6 Å². The summed E-state index contributed by atoms with van der Waals surface area (Å²) in [6, 6.07) is 13.9. The summed E-state index contributed by atoms with van der Waals surface area (Å²) in [6.45, 7) is 1.43. The van der Waals surface area contributed by atoms with Crippen molar-refractivity contribution in [2.45, 2.75) is 20.1 Å². The molecule has 1 aliphatic heterocycles. The number of ether oxygens (including phenoxy) is 2. The number of carbonyl (C=O) groups is 1. The van der Waals surface area contributed by atoms with Crippen LogP contribution in [0.25, 0.3) is 0 Å². The molecule has 1 heterocycles. The van der Waals surface area contributed by atoms with Crippen LogP contribution in [0.15, 0.2) is 64.7 Å². The van der Waals surface area contributed by atoms with Gasteiger partial charge in [-0.15, -0.1) is 4.40 Å². The van der Waals surface area contributed by atoms with Crippen molar-refractivity contribution in [3.8, 4) is 5.75 Å². The van der Waals surface area contributed by atoms with Gasteiger partial charge in [-0.3, -0.25) is 4.31 Å². The van der Waals surface area contributed by atoms with Crippen molar-refractivity contribution < 1.29 is 22.7 Å². The molecule has 0 saturated carbocycles. The summed E-state index contributed by atoms with van der Waals surface area (Å²) in [5.41, 5.74) is 1.50. The van der Waals surface area contributed by atoms with Gasteiger partial charge >= 0.3 is 16.2 Å². The van der Waals surface area contributed by atoms with Crippen LogP contribution in [0.2, 0.25) is 5.02 Å². The van der Waals surface area contributed by atoms with E-state index >= 15 is 0 Å². The first-order chi connectivity index (χ1) is 13.8. The molecule has 0 bridgehead atoms. The van der Waals surface area contributed by atoms with Crippen LogP contribution in [0.3, 0.4) is 0 Å². The van der Waals surface area contributed by atoms with Crippen LogP contribution in [-0.4, -0.2) is 31.5 Å². The molecule has 0 unspecified atom stereocenters. The number of nitrogens with zero attached hydrogens (tertiary/aromatic N) is 2. The van der Waals surface area contributed by atoms with E-state index in [0.29, 0.717) is 21.9 Å². The molecule has 0 radical (unpaired) electrons. The van der Waals surface area contributed by atoms with Gasteiger partial charge in [-0.2, -0.15) is 8.42 Å². The van der Waals surface area contributed by atoms with E-state index in [0.717, 1.165) is 4.31 Å². The number of halogens is 1. The van der Waals surface area contributed by atoms with Gasteiger partial charge < -0.3 is 9.47 Å². The van der Waals surface area contributed by atoms with E-state index in [4.69, 9.17) is 21.1 Å². The van der Waals surface area contributed by atoms with Gasteiger partial charge in [0, 0.05) is 16.8 Å². The molecule has 2 aromatic carbocycles. The van der Waals surface area contributed by atoms with Crippen LogP contribution in [-0.2, 0) is 32.9 Å². The summed E-state index contributed by atoms with van der Waals surface area (Å²) in [5, 5.41) is 0.479. The van der Waals surface area contributed by atoms with Gasteiger partial charge in [0.1, 0.15) is 12.4 Å². The fourth-order valence-electron chi connectivity index (χ4n) is 2.65. The summed E-state index contributed by atoms with van der Waals surface area (Å²) in [7, 11) is -2.40. The van der Waals surface area contributed by atoms with Gasteiger partial charge in [0.25, 0.3) is 0 Å². The minimum atomic E-state index is -3.94. The van der Waals surface area contributed by atoms with Crippen LogP contribution < -0.4 is 4.74 Å². The average Bonchev–Trinajstić information content (AvgIpc) is 2.69. The Morgan fingerprint density at radius 2 is 1.83 bits per heavy atom. The summed E-state index contributed by atoms with van der Waals surface area (Å²) >= 11 is 6.07. The molecule has 0 fully saturated rings. The van der Waals surface area contributed by atoms with Crippen molar-refractivity contribution in [2.75, 3.05) is 7.11 Å². The number of benzene rings is 2. The number of hydrogen-bond acceptors (Lipinski definition) is 5. The Morgan fingerprint density at radius 3 is 2.48 bits per heavy atom. The van der Waals surface area contributed by atoms with E-state index in [2.05, 4.69) is 4.40 Å². The number of hydrogen-bond donors (Lipinski definition) is 0. The number of carbonyl (C=O) groups excluding carboxylic acids is 1. The highest BCUT2D eigenvalue weighted by molar-refractivity contribution is 7.88. The van der Waals surface area contributed by atoms with Gasteiger partial charge in [-0.1, -0.05) is 41.9 Å². The van der Waals surface area contributed by atoms with Gasteiger partial charge in [0.2, 0.25) is 0 Å². The highest BCUT2D eigenvalue weighted by Crippen LogP contribution is 2.22. The van der Waals surface area contributed by atoms with Gasteiger partial charge in [-0.25, -0.2) is 4.79 Å². The zero-order chi connectivity index (χ0) is 21.0. The Hall–Kier alpha value is -2.84. The molecule has 3 rings (SSSR count). The Kier molecular flexibility index (Phi) is 6.24. The third-order valence-corrected chi connectivity index (χ3v) is 5.95. The molecule has 152 valence electrons. The second kappa shape index (κ2) is 8.67. The molecule has 0 atom stereocenters. The number of esters is 1. The second-order valence-electron chi connectivity index (χ2n) is 6.26. The molecule has 0 amide bonds. The molecule has 0 spiro atoms. The van der Waals surface area contributed by atoms with Crippen molar-refractivity contribution in [3.63, 3.8) is 0 Å². The highest BCUT2D eigenvalue weighted by Gasteiger charge is 2.29. The Balaban J connectivity index is 1.78. The monoisotopic (exact) mass is 434 g/mol. The van der Waals surface area contributed by atoms with Crippen LogP contribution in [0.5, 0.6) is 5.75 Å². The Bertz CT molecular complexity index is 1080. The van der Waals surface area contributed by atoms with Crippen molar-refractivity contribution in [1.82, 2.24) is 4.31 Å². The highest BCUT2D eigenvalue weighted by atomic mass is 35.5. The molecular weight excluding hydrogens is 416 g/mol. The van der Waals surface area contributed by atoms with E-state index in [9.17, 15) is 13.2 Å². The molecule has 7 nitrogen and oxygen atoms in total. The molecule has 0 aliphatic carbocycles. The first-order valence-electron chi connectivity index (χ1n) is 8.64. The van der Waals surface area contributed by atoms with Crippen LogP contribution in [0, 0.1) is 0 Å². The quantitative estimate of drug-likeness (QED) is 0.649. The topological polar surface area (TPSA) is 85.3 Å². The maximum absolute atomic E-state index is 12.5. The predicted octanol–water partition coefficient (Wildman–Crippen LogP) is 3.50. The van der Waals surface area contributed by atoms with Crippen molar-refractivity contribution in [3.05, 3.63) is 76.5 Å². The SMILES string of the molecule is COc1ccc(CN2C=C(C(=O)OCc3ccccc3Cl)C(C)=NS2(=O)=O)cc1. The lowest BCUT2D eigenvalue weighted by molar-refractivity contribution is -0.139. The van der Waals surface area contributed by atoms with E-state index in [1.807, 2.05) is 0 Å². The van der Waals surface area contributed by atoms with E-state index < -0.39 is 16.2 Å². The summed E-state index contributed by atoms with van der Waals surface area (Å²) in [5.74, 6) is -0.0238. The third kappa shape index (κ3) is 4.96. The smallest absolute Gasteiger partial charge is 0.344 e. The van der Waals surface area contributed by atoms with Crippen molar-refractivity contribution in [2.24, 2.45) is 4.40 Å². The van der Waals surface area contributed by atoms with E-state index in [-0.39, 0.29) is 24.4 Å². The van der Waals surface area contributed by atoms with E-state index in [1.54, 1.807) is 55.6 Å². The molecule has 2 aromatic rings. The summed E-state index contributed by atoms with van der Waals surface area (Å²) < 4.78 is 39.9. The lowest BCUT2D eigenvalue weighted by atomic mass is 10.2. The van der Waals surface area contributed by atoms with Crippen molar-refractivity contribution >= 4 is 33.5 Å². The lowest BCUT2D eigenvalue weighted by Crippen LogP contribution is -2.31. The molecule has 29 heavy (non-hydrogen) atoms. The molecule has 1 aliphatic rings. The van der Waals surface area contributed by atoms with Crippen LogP contribution in [0.1, 0.15) is 18.1 Å². The molecule has 0 N–H and O–H groups in total. The van der Waals surface area contributed by atoms with Gasteiger partial charge in [-0.05, 0) is 30.7 Å². The maximum atomic E-state index is 12.5. The van der Waals surface area contributed by atoms with Gasteiger partial charge in [0.15, 0.2) is 0 Å². The fourth-order valence-corrected chi connectivity index (χ4v) is 3.94. The zero-order valence-corrected chi connectivity index (χ0v) is 17.4. The Labute approximate surface area is 174 Å². The lowest BCUT2D eigenvalue weighted by Gasteiger charge is -2.23. The largest absolute Gasteiger partial charge is 0.497 e. The van der Waals surface area contributed by atoms with Crippen molar-refractivity contribution in [1.29, 1.82) is 0 Å². The summed E-state index contributed by atoms with van der Waals surface area (Å²) in [6.07, 6.45) is 1.25. The average molecular weight is 435 g/mol. The number of rotatable bonds is 6. The first-order valence-corrected chi connectivity index (χ1v) is 10.4. The second-order valence-corrected chi connectivity index (χ2v) is 8.21. The van der Waals surface area contributed by atoms with Gasteiger partial charge in [0.05, 0.1) is 24.9 Å². The number of methoxy groups -OCH3 is 1. The third-order valence-electron chi connectivity index (χ3n) is 4.25. The molecular formula is C20H19ClN2O5S. The fraction of sp³-hybridized carbons (Fsp3) is 0.200. The van der Waals surface area contributed by atoms with E-state index in [1.165, 1.54) is 13.1 Å². The first kappa shape index (κ1) is 20.9. The minimum Gasteiger partial charge on any atom is -0.497 e. The maximum Gasteiger partial charge on any atom is 0.344 e. The normalized spacial score (nSPS) is 15.3. The molecule has 0 saturated heterocycles. The zero-order valence-electron chi connectivity index (χ0n) is 15.8. The Morgan fingerprint density at radius 1 is 1.14 bits per heavy atom. The summed E-state index contributed by atoms with van der Waals surface area (Å²) in [4.78, 5) is 12.5. The minimum absolute atomic E-state index is 0.0183. The van der Waals surface area contributed by atoms with Crippen LogP contribution in [0.4, 0.5) is 0 Å². The predicted molar refractivity (Wildman–Crippen MR) is 110 cm³/mol. The standard InChI is InChI=1S/C20H19ClN2O5S/c1-14-18(20(24)28-13-16-5-3-4-6-19(16)21)12-23(29(25,26)22-14)11-15-7-9-17(27-2)10-8-15/h3-10,12H,11,13H2,1-2H3.